The van der Waals surface area contributed by atoms with E-state index in [0.29, 0.717) is 22.5 Å². The summed E-state index contributed by atoms with van der Waals surface area (Å²) in [6.45, 7) is 1.74. The van der Waals surface area contributed by atoms with Crippen LogP contribution in [0.15, 0.2) is 54.4 Å². The van der Waals surface area contributed by atoms with Gasteiger partial charge in [0.2, 0.25) is 5.78 Å². The van der Waals surface area contributed by atoms with Gasteiger partial charge in [0.1, 0.15) is 17.1 Å². The van der Waals surface area contributed by atoms with Crippen LogP contribution in [0.2, 0.25) is 0 Å². The molecule has 0 aliphatic heterocycles. The summed E-state index contributed by atoms with van der Waals surface area (Å²) in [7, 11) is 3.74. The SMILES string of the molecule is COC(=O)/C=C(/Nc1ccc(C(=O)c2c(C)c(OC)c3ccccn23)cc1C(=O)O)C(=O)OC. The van der Waals surface area contributed by atoms with Crippen LogP contribution in [-0.2, 0) is 19.1 Å². The number of carbonyl (C=O) groups excluding carboxylic acids is 3. The summed E-state index contributed by atoms with van der Waals surface area (Å²) in [5, 5.41) is 12.3. The standard InChI is InChI=1S/C24H22N2O8/c1-13-20(26-10-6-5-7-18(26)22(13)33-3)21(28)14-8-9-16(15(11-14)23(29)30)25-17(24(31)34-4)12-19(27)32-2/h5-12,25H,1-4H3,(H,29,30)/b17-12+. The third-order valence-corrected chi connectivity index (χ3v) is 5.10. The monoisotopic (exact) mass is 466 g/mol. The molecule has 0 aliphatic rings. The first-order valence-electron chi connectivity index (χ1n) is 9.94. The summed E-state index contributed by atoms with van der Waals surface area (Å²) >= 11 is 0. The number of nitrogens with one attached hydrogen (secondary N) is 1. The minimum absolute atomic E-state index is 0.0288. The van der Waals surface area contributed by atoms with Gasteiger partial charge < -0.3 is 29.0 Å². The van der Waals surface area contributed by atoms with E-state index in [4.69, 9.17) is 4.74 Å². The quantitative estimate of drug-likeness (QED) is 0.292. The van der Waals surface area contributed by atoms with Crippen molar-refractivity contribution in [3.63, 3.8) is 0 Å². The zero-order chi connectivity index (χ0) is 25.0. The van der Waals surface area contributed by atoms with E-state index in [1.165, 1.54) is 25.3 Å². The smallest absolute Gasteiger partial charge is 0.354 e. The van der Waals surface area contributed by atoms with Crippen LogP contribution in [0.5, 0.6) is 5.75 Å². The molecule has 0 bridgehead atoms. The zero-order valence-electron chi connectivity index (χ0n) is 18.9. The Hall–Kier alpha value is -4.60. The van der Waals surface area contributed by atoms with Crippen molar-refractivity contribution >= 4 is 34.9 Å². The van der Waals surface area contributed by atoms with Gasteiger partial charge in [-0.2, -0.15) is 0 Å². The van der Waals surface area contributed by atoms with Crippen molar-refractivity contribution in [2.75, 3.05) is 26.6 Å². The molecule has 0 saturated carbocycles. The molecular weight excluding hydrogens is 444 g/mol. The minimum atomic E-state index is -1.35. The summed E-state index contributed by atoms with van der Waals surface area (Å²) in [5.41, 5.74) is 1.06. The molecule has 176 valence electrons. The number of esters is 2. The fraction of sp³-hybridized carbons (Fsp3) is 0.167. The van der Waals surface area contributed by atoms with Crippen LogP contribution in [0.1, 0.15) is 32.0 Å². The van der Waals surface area contributed by atoms with Crippen LogP contribution in [0, 0.1) is 6.92 Å². The van der Waals surface area contributed by atoms with Crippen molar-refractivity contribution in [3.05, 3.63) is 76.8 Å². The molecule has 0 fully saturated rings. The molecule has 0 amide bonds. The van der Waals surface area contributed by atoms with E-state index >= 15 is 0 Å². The Morgan fingerprint density at radius 2 is 1.76 bits per heavy atom. The number of anilines is 1. The molecule has 0 atom stereocenters. The number of ketones is 1. The number of carboxylic acid groups (broad SMARTS) is 1. The highest BCUT2D eigenvalue weighted by molar-refractivity contribution is 6.12. The Kier molecular flexibility index (Phi) is 7.01. The third-order valence-electron chi connectivity index (χ3n) is 5.10. The third kappa shape index (κ3) is 4.46. The second-order valence-corrected chi connectivity index (χ2v) is 7.06. The van der Waals surface area contributed by atoms with Gasteiger partial charge >= 0.3 is 17.9 Å². The van der Waals surface area contributed by atoms with Gasteiger partial charge in [-0.15, -0.1) is 0 Å². The normalized spacial score (nSPS) is 11.1. The van der Waals surface area contributed by atoms with Crippen LogP contribution in [-0.4, -0.2) is 54.5 Å². The summed E-state index contributed by atoms with van der Waals surface area (Å²) in [5.74, 6) is -3.00. The molecule has 0 aliphatic carbocycles. The van der Waals surface area contributed by atoms with Crippen LogP contribution in [0.3, 0.4) is 0 Å². The van der Waals surface area contributed by atoms with E-state index in [0.717, 1.165) is 20.3 Å². The number of carboxylic acids is 1. The zero-order valence-corrected chi connectivity index (χ0v) is 18.9. The Morgan fingerprint density at radius 3 is 2.38 bits per heavy atom. The number of aromatic nitrogens is 1. The largest absolute Gasteiger partial charge is 0.494 e. The highest BCUT2D eigenvalue weighted by Crippen LogP contribution is 2.32. The lowest BCUT2D eigenvalue weighted by atomic mass is 10.0. The van der Waals surface area contributed by atoms with E-state index in [1.54, 1.807) is 29.7 Å². The topological polar surface area (TPSA) is 133 Å². The first-order chi connectivity index (χ1) is 16.2. The lowest BCUT2D eigenvalue weighted by Crippen LogP contribution is -2.17. The van der Waals surface area contributed by atoms with Gasteiger partial charge in [-0.25, -0.2) is 14.4 Å². The highest BCUT2D eigenvalue weighted by atomic mass is 16.5. The van der Waals surface area contributed by atoms with Gasteiger partial charge in [0.05, 0.1) is 44.2 Å². The number of benzene rings is 1. The summed E-state index contributed by atoms with van der Waals surface area (Å²) in [6.07, 6.45) is 2.55. The van der Waals surface area contributed by atoms with Gasteiger partial charge in [-0.1, -0.05) is 6.07 Å². The first-order valence-corrected chi connectivity index (χ1v) is 9.94. The van der Waals surface area contributed by atoms with Gasteiger partial charge in [0.25, 0.3) is 0 Å². The summed E-state index contributed by atoms with van der Waals surface area (Å²) < 4.78 is 16.3. The van der Waals surface area contributed by atoms with Crippen LogP contribution in [0.4, 0.5) is 5.69 Å². The Balaban J connectivity index is 2.08. The van der Waals surface area contributed by atoms with Crippen LogP contribution < -0.4 is 10.1 Å². The lowest BCUT2D eigenvalue weighted by molar-refractivity contribution is -0.138. The average Bonchev–Trinajstić information content (AvgIpc) is 3.13. The van der Waals surface area contributed by atoms with Crippen LogP contribution >= 0.6 is 0 Å². The highest BCUT2D eigenvalue weighted by Gasteiger charge is 2.24. The average molecular weight is 466 g/mol. The molecule has 3 aromatic rings. The number of carbonyl (C=O) groups is 4. The van der Waals surface area contributed by atoms with Crippen molar-refractivity contribution in [1.82, 2.24) is 4.40 Å². The second kappa shape index (κ2) is 9.90. The fourth-order valence-electron chi connectivity index (χ4n) is 3.53. The Labute approximate surface area is 194 Å². The number of methoxy groups -OCH3 is 3. The number of aromatic carboxylic acids is 1. The molecule has 10 nitrogen and oxygen atoms in total. The second-order valence-electron chi connectivity index (χ2n) is 7.06. The summed E-state index contributed by atoms with van der Waals surface area (Å²) in [4.78, 5) is 49.0. The van der Waals surface area contributed by atoms with E-state index < -0.39 is 23.7 Å². The molecule has 1 aromatic carbocycles. The van der Waals surface area contributed by atoms with Gasteiger partial charge in [-0.3, -0.25) is 4.79 Å². The van der Waals surface area contributed by atoms with Crippen molar-refractivity contribution in [1.29, 1.82) is 0 Å². The number of nitrogens with zero attached hydrogens (tertiary/aromatic N) is 1. The maximum atomic E-state index is 13.4. The Bertz CT molecular complexity index is 1340. The van der Waals surface area contributed by atoms with E-state index in [-0.39, 0.29) is 22.5 Å². The first kappa shape index (κ1) is 24.1. The van der Waals surface area contributed by atoms with Crippen molar-refractivity contribution in [3.8, 4) is 5.75 Å². The maximum Gasteiger partial charge on any atom is 0.354 e. The molecule has 10 heteroatoms. The molecule has 34 heavy (non-hydrogen) atoms. The van der Waals surface area contributed by atoms with Crippen LogP contribution in [0.25, 0.3) is 5.52 Å². The van der Waals surface area contributed by atoms with Gasteiger partial charge in [0.15, 0.2) is 0 Å². The lowest BCUT2D eigenvalue weighted by Gasteiger charge is -2.13. The number of ether oxygens (including phenoxy) is 3. The minimum Gasteiger partial charge on any atom is -0.494 e. The van der Waals surface area contributed by atoms with Crippen molar-refractivity contribution in [2.24, 2.45) is 0 Å². The van der Waals surface area contributed by atoms with Gasteiger partial charge in [-0.05, 0) is 37.3 Å². The van der Waals surface area contributed by atoms with Crippen molar-refractivity contribution < 1.29 is 38.5 Å². The molecule has 2 aromatic heterocycles. The number of rotatable bonds is 8. The molecular formula is C24H22N2O8. The van der Waals surface area contributed by atoms with Gasteiger partial charge in [0, 0.05) is 17.3 Å². The molecule has 0 unspecified atom stereocenters. The predicted octanol–water partition coefficient (Wildman–Crippen LogP) is 2.83. The molecule has 0 spiro atoms. The molecule has 0 radical (unpaired) electrons. The number of hydrogen-bond donors (Lipinski definition) is 2. The number of hydrogen-bond acceptors (Lipinski definition) is 8. The molecule has 3 rings (SSSR count). The van der Waals surface area contributed by atoms with Crippen molar-refractivity contribution in [2.45, 2.75) is 6.92 Å². The Morgan fingerprint density at radius 1 is 1.03 bits per heavy atom. The molecule has 2 N–H and O–H groups in total. The molecule has 0 saturated heterocycles. The summed E-state index contributed by atoms with van der Waals surface area (Å²) in [6, 6.07) is 9.32. The number of fused-ring (bicyclic) bond motifs is 1. The predicted molar refractivity (Wildman–Crippen MR) is 121 cm³/mol. The number of pyridine rings is 1. The maximum absolute atomic E-state index is 13.4. The van der Waals surface area contributed by atoms with E-state index in [1.807, 2.05) is 6.07 Å². The van der Waals surface area contributed by atoms with E-state index in [9.17, 15) is 24.3 Å². The molecule has 2 heterocycles. The van der Waals surface area contributed by atoms with E-state index in [2.05, 4.69) is 14.8 Å². The fourth-order valence-corrected chi connectivity index (χ4v) is 3.53.